The fourth-order valence-corrected chi connectivity index (χ4v) is 1.11. The maximum atomic E-state index is 9.64. The third-order valence-corrected chi connectivity index (χ3v) is 1.85. The monoisotopic (exact) mass is 204 g/mol. The second-order valence-corrected chi connectivity index (χ2v) is 3.01. The number of nitrogens with two attached hydrogens (primary N) is 1. The summed E-state index contributed by atoms with van der Waals surface area (Å²) in [5.74, 6) is -0.180. The molecule has 0 aliphatic rings. The molecule has 1 rings (SSSR count). The quantitative estimate of drug-likeness (QED) is 0.333. The molecule has 0 aromatic heterocycles. The van der Waals surface area contributed by atoms with Gasteiger partial charge in [-0.1, -0.05) is 42.5 Å². The van der Waals surface area contributed by atoms with Crippen molar-refractivity contribution in [3.63, 3.8) is 0 Å². The summed E-state index contributed by atoms with van der Waals surface area (Å²) in [7, 11) is 0. The molecular formula is C10H8N2OS. The van der Waals surface area contributed by atoms with E-state index < -0.39 is 0 Å². The maximum absolute atomic E-state index is 9.64. The smallest absolute Gasteiger partial charge is 0.143 e. The molecular weight excluding hydrogens is 196 g/mol. The van der Waals surface area contributed by atoms with Crippen molar-refractivity contribution in [1.29, 1.82) is 5.26 Å². The number of nitriles is 1. The minimum Gasteiger partial charge on any atom is -0.506 e. The van der Waals surface area contributed by atoms with Crippen LogP contribution in [0.4, 0.5) is 0 Å². The minimum atomic E-state index is -0.180. The highest BCUT2D eigenvalue weighted by molar-refractivity contribution is 7.80. The Bertz CT molecular complexity index is 417. The summed E-state index contributed by atoms with van der Waals surface area (Å²) < 4.78 is 0. The highest BCUT2D eigenvalue weighted by atomic mass is 32.1. The van der Waals surface area contributed by atoms with Gasteiger partial charge in [0.2, 0.25) is 0 Å². The second kappa shape index (κ2) is 4.40. The van der Waals surface area contributed by atoms with Gasteiger partial charge in [-0.2, -0.15) is 5.26 Å². The molecule has 0 fully saturated rings. The first-order chi connectivity index (χ1) is 6.66. The van der Waals surface area contributed by atoms with Crippen molar-refractivity contribution in [1.82, 2.24) is 0 Å². The molecule has 0 heterocycles. The number of thiocarbonyl (C=S) groups is 1. The van der Waals surface area contributed by atoms with Gasteiger partial charge in [0.25, 0.3) is 0 Å². The molecule has 0 atom stereocenters. The van der Waals surface area contributed by atoms with Crippen LogP contribution in [0, 0.1) is 11.3 Å². The Balaban J connectivity index is 3.23. The number of aliphatic hydroxyl groups excluding tert-OH is 1. The summed E-state index contributed by atoms with van der Waals surface area (Å²) >= 11 is 4.63. The average Bonchev–Trinajstić information content (AvgIpc) is 2.19. The summed E-state index contributed by atoms with van der Waals surface area (Å²) in [4.78, 5) is -0.103. The molecule has 1 aromatic carbocycles. The molecule has 0 amide bonds. The van der Waals surface area contributed by atoms with Crippen LogP contribution >= 0.6 is 12.2 Å². The zero-order chi connectivity index (χ0) is 10.6. The van der Waals surface area contributed by atoms with Crippen molar-refractivity contribution in [2.24, 2.45) is 5.73 Å². The summed E-state index contributed by atoms with van der Waals surface area (Å²) in [5.41, 5.74) is 5.74. The van der Waals surface area contributed by atoms with Crippen molar-refractivity contribution in [3.8, 4) is 6.07 Å². The predicted octanol–water partition coefficient (Wildman–Crippen LogP) is 1.77. The first kappa shape index (κ1) is 10.2. The van der Waals surface area contributed by atoms with Crippen molar-refractivity contribution >= 4 is 23.0 Å². The first-order valence-electron chi connectivity index (χ1n) is 3.85. The molecule has 0 radical (unpaired) electrons. The Morgan fingerprint density at radius 1 is 1.36 bits per heavy atom. The van der Waals surface area contributed by atoms with Crippen molar-refractivity contribution in [2.45, 2.75) is 0 Å². The van der Waals surface area contributed by atoms with E-state index in [0.29, 0.717) is 5.56 Å². The lowest BCUT2D eigenvalue weighted by Crippen LogP contribution is -2.12. The van der Waals surface area contributed by atoms with Gasteiger partial charge in [-0.15, -0.1) is 0 Å². The van der Waals surface area contributed by atoms with Gasteiger partial charge >= 0.3 is 0 Å². The normalized spacial score (nSPS) is 11.4. The predicted molar refractivity (Wildman–Crippen MR) is 58.4 cm³/mol. The van der Waals surface area contributed by atoms with Gasteiger partial charge in [-0.3, -0.25) is 0 Å². The van der Waals surface area contributed by atoms with Gasteiger partial charge in [0.1, 0.15) is 22.4 Å². The second-order valence-electron chi connectivity index (χ2n) is 2.57. The highest BCUT2D eigenvalue weighted by Gasteiger charge is 2.09. The summed E-state index contributed by atoms with van der Waals surface area (Å²) in [6.45, 7) is 0. The van der Waals surface area contributed by atoms with Crippen LogP contribution in [0.3, 0.4) is 0 Å². The molecule has 0 aliphatic carbocycles. The van der Waals surface area contributed by atoms with Gasteiger partial charge in [-0.05, 0) is 0 Å². The Morgan fingerprint density at radius 2 is 1.93 bits per heavy atom. The molecule has 3 nitrogen and oxygen atoms in total. The van der Waals surface area contributed by atoms with Crippen molar-refractivity contribution in [2.75, 3.05) is 0 Å². The molecule has 3 N–H and O–H groups in total. The van der Waals surface area contributed by atoms with Gasteiger partial charge in [0.05, 0.1) is 0 Å². The summed E-state index contributed by atoms with van der Waals surface area (Å²) in [6.07, 6.45) is 0. The van der Waals surface area contributed by atoms with E-state index in [2.05, 4.69) is 12.2 Å². The van der Waals surface area contributed by atoms with Gasteiger partial charge in [0, 0.05) is 5.56 Å². The molecule has 14 heavy (non-hydrogen) atoms. The zero-order valence-electron chi connectivity index (χ0n) is 7.27. The van der Waals surface area contributed by atoms with E-state index in [1.54, 1.807) is 30.3 Å². The molecule has 0 saturated carbocycles. The molecule has 0 bridgehead atoms. The van der Waals surface area contributed by atoms with Crippen molar-refractivity contribution < 1.29 is 5.11 Å². The molecule has 1 aromatic rings. The molecule has 70 valence electrons. The lowest BCUT2D eigenvalue weighted by atomic mass is 10.1. The van der Waals surface area contributed by atoms with Crippen molar-refractivity contribution in [3.05, 3.63) is 41.5 Å². The topological polar surface area (TPSA) is 70.0 Å². The maximum Gasteiger partial charge on any atom is 0.143 e. The van der Waals surface area contributed by atoms with Gasteiger partial charge in [0.15, 0.2) is 0 Å². The molecule has 0 unspecified atom stereocenters. The summed E-state index contributed by atoms with van der Waals surface area (Å²) in [6, 6.07) is 10.4. The zero-order valence-corrected chi connectivity index (χ0v) is 8.08. The number of hydrogen-bond donors (Lipinski definition) is 2. The van der Waals surface area contributed by atoms with E-state index in [4.69, 9.17) is 11.0 Å². The van der Waals surface area contributed by atoms with E-state index in [1.807, 2.05) is 6.07 Å². The molecule has 0 saturated heterocycles. The SMILES string of the molecule is N#C/C(C(N)=S)=C(/O)c1ccccc1. The fourth-order valence-electron chi connectivity index (χ4n) is 0.965. The average molecular weight is 204 g/mol. The van der Waals surface area contributed by atoms with Gasteiger partial charge in [-0.25, -0.2) is 0 Å². The third-order valence-electron chi connectivity index (χ3n) is 1.64. The Hall–Kier alpha value is -1.86. The summed E-state index contributed by atoms with van der Waals surface area (Å²) in [5, 5.41) is 18.3. The fraction of sp³-hybridized carbons (Fsp3) is 0. The Kier molecular flexibility index (Phi) is 3.21. The number of benzene rings is 1. The number of rotatable bonds is 2. The van der Waals surface area contributed by atoms with E-state index in [9.17, 15) is 5.11 Å². The van der Waals surface area contributed by atoms with Crippen LogP contribution in [-0.2, 0) is 0 Å². The van der Waals surface area contributed by atoms with Crippen LogP contribution in [-0.4, -0.2) is 10.1 Å². The lowest BCUT2D eigenvalue weighted by molar-refractivity contribution is 0.510. The number of aliphatic hydroxyl groups is 1. The number of nitrogens with zero attached hydrogens (tertiary/aromatic N) is 1. The van der Waals surface area contributed by atoms with Crippen LogP contribution in [0.5, 0.6) is 0 Å². The number of hydrogen-bond acceptors (Lipinski definition) is 3. The van der Waals surface area contributed by atoms with Crippen LogP contribution in [0.1, 0.15) is 5.56 Å². The standard InChI is InChI=1S/C10H8N2OS/c11-6-8(10(12)14)9(13)7-4-2-1-3-5-7/h1-5,13H,(H2,12,14)/b9-8-. The molecule has 0 aliphatic heterocycles. The Labute approximate surface area is 87.1 Å². The van der Waals surface area contributed by atoms with Gasteiger partial charge < -0.3 is 10.8 Å². The first-order valence-corrected chi connectivity index (χ1v) is 4.26. The lowest BCUT2D eigenvalue weighted by Gasteiger charge is -2.02. The highest BCUT2D eigenvalue weighted by Crippen LogP contribution is 2.15. The van der Waals surface area contributed by atoms with E-state index in [-0.39, 0.29) is 16.3 Å². The van der Waals surface area contributed by atoms with E-state index in [0.717, 1.165) is 0 Å². The third kappa shape index (κ3) is 2.09. The largest absolute Gasteiger partial charge is 0.506 e. The Morgan fingerprint density at radius 3 is 2.36 bits per heavy atom. The molecule has 4 heteroatoms. The van der Waals surface area contributed by atoms with Crippen LogP contribution in [0.25, 0.3) is 5.76 Å². The van der Waals surface area contributed by atoms with E-state index >= 15 is 0 Å². The van der Waals surface area contributed by atoms with E-state index in [1.165, 1.54) is 0 Å². The van der Waals surface area contributed by atoms with Crippen LogP contribution in [0.15, 0.2) is 35.9 Å². The minimum absolute atomic E-state index is 0.0637. The van der Waals surface area contributed by atoms with Crippen LogP contribution in [0.2, 0.25) is 0 Å². The van der Waals surface area contributed by atoms with Crippen LogP contribution < -0.4 is 5.73 Å². The molecule has 0 spiro atoms.